The largest absolute Gasteiger partial charge is 0.460 e. The summed E-state index contributed by atoms with van der Waals surface area (Å²) in [4.78, 5) is 4.18. The van der Waals surface area contributed by atoms with Gasteiger partial charge in [0.15, 0.2) is 0 Å². The van der Waals surface area contributed by atoms with Crippen molar-refractivity contribution in [1.29, 1.82) is 0 Å². The summed E-state index contributed by atoms with van der Waals surface area (Å²) < 4.78 is 146. The molecular formula is C19H16F9NO3S. The van der Waals surface area contributed by atoms with Gasteiger partial charge in [0.2, 0.25) is 0 Å². The molecule has 2 rings (SSSR count). The molecule has 1 aromatic heterocycles. The van der Waals surface area contributed by atoms with Gasteiger partial charge in [-0.15, -0.1) is 0 Å². The van der Waals surface area contributed by atoms with Crippen LogP contribution in [0.3, 0.4) is 0 Å². The van der Waals surface area contributed by atoms with Gasteiger partial charge in [0, 0.05) is 23.7 Å². The molecule has 33 heavy (non-hydrogen) atoms. The van der Waals surface area contributed by atoms with Crippen molar-refractivity contribution in [3.63, 3.8) is 0 Å². The Hall–Kier alpha value is -2.51. The van der Waals surface area contributed by atoms with E-state index in [0.717, 1.165) is 13.0 Å². The fourth-order valence-electron chi connectivity index (χ4n) is 2.61. The van der Waals surface area contributed by atoms with Gasteiger partial charge < -0.3 is 4.18 Å². The summed E-state index contributed by atoms with van der Waals surface area (Å²) in [5.74, 6) is -15.7. The minimum atomic E-state index is -7.38. The lowest BCUT2D eigenvalue weighted by Crippen LogP contribution is -2.63. The molecule has 0 N–H and O–H groups in total. The molecule has 1 aromatic carbocycles. The molecule has 14 heteroatoms. The summed E-state index contributed by atoms with van der Waals surface area (Å²) in [7, 11) is -7.04. The fourth-order valence-corrected chi connectivity index (χ4v) is 3.56. The highest BCUT2D eigenvalue weighted by atomic mass is 32.2. The summed E-state index contributed by atoms with van der Waals surface area (Å²) in [6.45, 7) is 2.66. The molecule has 0 saturated heterocycles. The smallest absolute Gasteiger partial charge is 0.378 e. The van der Waals surface area contributed by atoms with Gasteiger partial charge in [-0.25, -0.2) is 0 Å². The molecule has 0 aliphatic heterocycles. The van der Waals surface area contributed by atoms with Gasteiger partial charge in [-0.3, -0.25) is 4.98 Å². The molecule has 0 atom stereocenters. The number of halogens is 9. The van der Waals surface area contributed by atoms with Gasteiger partial charge in [-0.1, -0.05) is 37.3 Å². The van der Waals surface area contributed by atoms with Crippen LogP contribution in [-0.2, 0) is 23.0 Å². The first-order valence-corrected chi connectivity index (χ1v) is 10.5. The van der Waals surface area contributed by atoms with Gasteiger partial charge in [-0.05, 0) is 18.9 Å². The van der Waals surface area contributed by atoms with Crippen LogP contribution >= 0.6 is 0 Å². The second kappa shape index (κ2) is 8.69. The number of hydrogen-bond donors (Lipinski definition) is 0. The minimum absolute atomic E-state index is 0.0234. The minimum Gasteiger partial charge on any atom is -0.378 e. The van der Waals surface area contributed by atoms with Gasteiger partial charge in [0.1, 0.15) is 5.75 Å². The maximum absolute atomic E-state index is 14.0. The average Bonchev–Trinajstić information content (AvgIpc) is 2.70. The SMILES string of the molecule is CCc1cc(OS(=O)(=O)C(F)(F)C(F)(F)C(F)(F)C(F)(F)F)c(C)c(Cc2ccccc2)n1. The normalized spacial score (nSPS) is 13.8. The summed E-state index contributed by atoms with van der Waals surface area (Å²) >= 11 is 0. The van der Waals surface area contributed by atoms with Crippen LogP contribution in [0.15, 0.2) is 36.4 Å². The Labute approximate surface area is 182 Å². The zero-order valence-electron chi connectivity index (χ0n) is 16.9. The van der Waals surface area contributed by atoms with Crippen molar-refractivity contribution in [3.8, 4) is 5.75 Å². The summed E-state index contributed by atoms with van der Waals surface area (Å²) in [6.07, 6.45) is -7.05. The maximum Gasteiger partial charge on any atom is 0.460 e. The summed E-state index contributed by atoms with van der Waals surface area (Å²) in [5.41, 5.74) is 0.562. The first-order chi connectivity index (χ1) is 14.9. The molecule has 0 aliphatic rings. The molecule has 0 saturated carbocycles. The van der Waals surface area contributed by atoms with Crippen molar-refractivity contribution >= 4 is 10.1 Å². The van der Waals surface area contributed by atoms with Gasteiger partial charge in [0.25, 0.3) is 0 Å². The number of pyridine rings is 1. The Morgan fingerprint density at radius 1 is 0.909 bits per heavy atom. The molecule has 4 nitrogen and oxygen atoms in total. The maximum atomic E-state index is 14.0. The van der Waals surface area contributed by atoms with E-state index in [1.807, 2.05) is 0 Å². The van der Waals surface area contributed by atoms with Crippen LogP contribution in [0.4, 0.5) is 39.5 Å². The number of hydrogen-bond acceptors (Lipinski definition) is 4. The van der Waals surface area contributed by atoms with E-state index >= 15 is 0 Å². The molecular weight excluding hydrogens is 493 g/mol. The van der Waals surface area contributed by atoms with E-state index in [0.29, 0.717) is 5.56 Å². The van der Waals surface area contributed by atoms with Crippen molar-refractivity contribution in [2.75, 3.05) is 0 Å². The standard InChI is InChI=1S/C19H16F9NO3S/c1-3-13-10-15(11(2)14(29-13)9-12-7-5-4-6-8-12)32-33(30,31)19(27,28)17(22,23)16(20,21)18(24,25)26/h4-8,10H,3,9H2,1-2H3. The van der Waals surface area contributed by atoms with Crippen LogP contribution in [-0.4, -0.2) is 36.7 Å². The van der Waals surface area contributed by atoms with Crippen LogP contribution < -0.4 is 4.18 Å². The quantitative estimate of drug-likeness (QED) is 0.340. The predicted octanol–water partition coefficient (Wildman–Crippen LogP) is 5.68. The van der Waals surface area contributed by atoms with Crippen LogP contribution in [0.1, 0.15) is 29.4 Å². The van der Waals surface area contributed by atoms with Crippen molar-refractivity contribution in [3.05, 3.63) is 58.9 Å². The molecule has 184 valence electrons. The van der Waals surface area contributed by atoms with E-state index in [9.17, 15) is 47.9 Å². The number of benzene rings is 1. The van der Waals surface area contributed by atoms with Gasteiger partial charge in [-0.2, -0.15) is 47.9 Å². The summed E-state index contributed by atoms with van der Waals surface area (Å²) in [6, 6.07) is 9.07. The molecule has 0 aliphatic carbocycles. The van der Waals surface area contributed by atoms with Crippen molar-refractivity contribution in [2.24, 2.45) is 0 Å². The van der Waals surface area contributed by atoms with E-state index in [2.05, 4.69) is 9.17 Å². The van der Waals surface area contributed by atoms with Crippen molar-refractivity contribution in [2.45, 2.75) is 50.0 Å². The monoisotopic (exact) mass is 509 g/mol. The zero-order chi connectivity index (χ0) is 25.5. The molecule has 0 radical (unpaired) electrons. The highest BCUT2D eigenvalue weighted by molar-refractivity contribution is 7.88. The number of aryl methyl sites for hydroxylation is 1. The van der Waals surface area contributed by atoms with Crippen LogP contribution in [0.5, 0.6) is 5.75 Å². The highest BCUT2D eigenvalue weighted by Gasteiger charge is 2.86. The van der Waals surface area contributed by atoms with Gasteiger partial charge >= 0.3 is 33.4 Å². The van der Waals surface area contributed by atoms with Crippen LogP contribution in [0, 0.1) is 6.92 Å². The van der Waals surface area contributed by atoms with E-state index in [1.165, 1.54) is 6.92 Å². The summed E-state index contributed by atoms with van der Waals surface area (Å²) in [5, 5.41) is -6.94. The second-order valence-corrected chi connectivity index (χ2v) is 8.49. The molecule has 1 heterocycles. The molecule has 0 bridgehead atoms. The highest BCUT2D eigenvalue weighted by Crippen LogP contribution is 2.55. The third-order valence-electron chi connectivity index (χ3n) is 4.58. The Morgan fingerprint density at radius 3 is 1.94 bits per heavy atom. The Kier molecular flexibility index (Phi) is 7.04. The molecule has 0 spiro atoms. The molecule has 2 aromatic rings. The second-order valence-electron chi connectivity index (χ2n) is 6.90. The molecule has 0 amide bonds. The molecule has 0 fully saturated rings. The van der Waals surface area contributed by atoms with E-state index < -0.39 is 39.1 Å². The Bertz CT molecular complexity index is 1100. The van der Waals surface area contributed by atoms with Crippen molar-refractivity contribution in [1.82, 2.24) is 4.98 Å². The van der Waals surface area contributed by atoms with Gasteiger partial charge in [0.05, 0.1) is 5.69 Å². The number of rotatable bonds is 8. The Balaban J connectivity index is 2.53. The average molecular weight is 509 g/mol. The first kappa shape index (κ1) is 26.7. The fraction of sp³-hybridized carbons (Fsp3) is 0.421. The third kappa shape index (κ3) is 4.75. The zero-order valence-corrected chi connectivity index (χ0v) is 17.7. The molecule has 0 unspecified atom stereocenters. The third-order valence-corrected chi connectivity index (χ3v) is 5.87. The Morgan fingerprint density at radius 2 is 1.45 bits per heavy atom. The number of aromatic nitrogens is 1. The topological polar surface area (TPSA) is 56.3 Å². The lowest BCUT2D eigenvalue weighted by atomic mass is 10.0. The number of nitrogens with zero attached hydrogens (tertiary/aromatic N) is 1. The van der Waals surface area contributed by atoms with Crippen LogP contribution in [0.25, 0.3) is 0 Å². The van der Waals surface area contributed by atoms with E-state index in [-0.39, 0.29) is 29.8 Å². The lowest BCUT2D eigenvalue weighted by molar-refractivity contribution is -0.382. The van der Waals surface area contributed by atoms with Crippen molar-refractivity contribution < 1.29 is 52.1 Å². The lowest BCUT2D eigenvalue weighted by Gasteiger charge is -2.32. The predicted molar refractivity (Wildman–Crippen MR) is 98.0 cm³/mol. The number of alkyl halides is 9. The van der Waals surface area contributed by atoms with Crippen LogP contribution in [0.2, 0.25) is 0 Å². The van der Waals surface area contributed by atoms with E-state index in [1.54, 1.807) is 30.3 Å². The van der Waals surface area contributed by atoms with E-state index in [4.69, 9.17) is 0 Å². The first-order valence-electron chi connectivity index (χ1n) is 9.06.